The molecule has 2 heterocycles. The molecule has 1 N–H and O–H groups in total. The number of morpholine rings is 1. The predicted octanol–water partition coefficient (Wildman–Crippen LogP) is 1.55. The summed E-state index contributed by atoms with van der Waals surface area (Å²) in [5, 5.41) is 3.05. The summed E-state index contributed by atoms with van der Waals surface area (Å²) in [5.41, 5.74) is 1.28. The van der Waals surface area contributed by atoms with Crippen molar-refractivity contribution in [2.45, 2.75) is 56.8 Å². The highest BCUT2D eigenvalue weighted by Crippen LogP contribution is 2.24. The fourth-order valence-corrected chi connectivity index (χ4v) is 4.06. The fourth-order valence-electron chi connectivity index (χ4n) is 4.06. The van der Waals surface area contributed by atoms with Crippen LogP contribution in [0.5, 0.6) is 0 Å². The number of carbonyl (C=O) groups excluding carboxylic acids is 2. The Morgan fingerprint density at radius 3 is 2.70 bits per heavy atom. The zero-order chi connectivity index (χ0) is 18.6. The van der Waals surface area contributed by atoms with Crippen molar-refractivity contribution in [2.24, 2.45) is 0 Å². The lowest BCUT2D eigenvalue weighted by Gasteiger charge is -2.34. The molecule has 3 fully saturated rings. The minimum Gasteiger partial charge on any atom is -0.375 e. The van der Waals surface area contributed by atoms with Gasteiger partial charge in [-0.3, -0.25) is 14.5 Å². The minimum atomic E-state index is -0.290. The maximum absolute atomic E-state index is 12.8. The fraction of sp³-hybridized carbons (Fsp3) is 0.619. The lowest BCUT2D eigenvalue weighted by atomic mass is 10.1. The van der Waals surface area contributed by atoms with E-state index in [1.807, 2.05) is 6.07 Å². The Bertz CT molecular complexity index is 662. The highest BCUT2D eigenvalue weighted by atomic mass is 16.5. The number of likely N-dealkylation sites (tertiary alicyclic amines) is 1. The third-order valence-electron chi connectivity index (χ3n) is 5.67. The summed E-state index contributed by atoms with van der Waals surface area (Å²) in [5.74, 6) is 0.0774. The molecule has 0 radical (unpaired) electrons. The molecule has 2 unspecified atom stereocenters. The first-order valence-corrected chi connectivity index (χ1v) is 10.2. The number of carbonyl (C=O) groups is 2. The van der Waals surface area contributed by atoms with E-state index in [-0.39, 0.29) is 24.0 Å². The van der Waals surface area contributed by atoms with Gasteiger partial charge in [0.15, 0.2) is 0 Å². The van der Waals surface area contributed by atoms with Crippen molar-refractivity contribution in [3.8, 4) is 0 Å². The predicted molar refractivity (Wildman–Crippen MR) is 102 cm³/mol. The zero-order valence-corrected chi connectivity index (χ0v) is 15.8. The molecule has 146 valence electrons. The third-order valence-corrected chi connectivity index (χ3v) is 5.67. The van der Waals surface area contributed by atoms with Gasteiger partial charge in [0.1, 0.15) is 6.04 Å². The molecule has 0 bridgehead atoms. The number of hydrogen-bond donors (Lipinski definition) is 1. The molecule has 3 aliphatic rings. The van der Waals surface area contributed by atoms with E-state index in [4.69, 9.17) is 4.74 Å². The van der Waals surface area contributed by atoms with Gasteiger partial charge in [0.25, 0.3) is 0 Å². The van der Waals surface area contributed by atoms with Gasteiger partial charge in [-0.2, -0.15) is 0 Å². The summed E-state index contributed by atoms with van der Waals surface area (Å²) in [7, 11) is 0. The minimum absolute atomic E-state index is 0.0265. The third kappa shape index (κ3) is 4.87. The van der Waals surface area contributed by atoms with Gasteiger partial charge in [0.05, 0.1) is 19.1 Å². The Balaban J connectivity index is 1.29. The normalized spacial score (nSPS) is 26.1. The van der Waals surface area contributed by atoms with Crippen LogP contribution in [0.15, 0.2) is 30.3 Å². The second-order valence-corrected chi connectivity index (χ2v) is 7.95. The first-order chi connectivity index (χ1) is 13.2. The van der Waals surface area contributed by atoms with Crippen LogP contribution >= 0.6 is 0 Å². The first-order valence-electron chi connectivity index (χ1n) is 10.2. The average Bonchev–Trinajstić information content (AvgIpc) is 3.33. The largest absolute Gasteiger partial charge is 0.375 e. The molecule has 2 saturated heterocycles. The van der Waals surface area contributed by atoms with Crippen LogP contribution in [0, 0.1) is 0 Å². The molecule has 6 nitrogen and oxygen atoms in total. The summed E-state index contributed by atoms with van der Waals surface area (Å²) in [6, 6.07) is 10.4. The number of nitrogens with one attached hydrogen (secondary N) is 1. The number of rotatable bonds is 6. The van der Waals surface area contributed by atoms with Gasteiger partial charge < -0.3 is 15.0 Å². The van der Waals surface area contributed by atoms with Crippen LogP contribution in [0.1, 0.15) is 37.7 Å². The number of benzene rings is 1. The van der Waals surface area contributed by atoms with Crippen molar-refractivity contribution >= 4 is 11.8 Å². The smallest absolute Gasteiger partial charge is 0.243 e. The SMILES string of the molecule is O=C(NC1CC1)C1CCCN1C(=O)CC1CN(Cc2ccccc2)CCO1. The van der Waals surface area contributed by atoms with Crippen LogP contribution in [0.3, 0.4) is 0 Å². The Hall–Kier alpha value is -1.92. The average molecular weight is 371 g/mol. The molecule has 4 rings (SSSR count). The van der Waals surface area contributed by atoms with E-state index < -0.39 is 0 Å². The van der Waals surface area contributed by atoms with Gasteiger partial charge >= 0.3 is 0 Å². The van der Waals surface area contributed by atoms with Crippen LogP contribution < -0.4 is 5.32 Å². The van der Waals surface area contributed by atoms with Gasteiger partial charge in [-0.25, -0.2) is 0 Å². The van der Waals surface area contributed by atoms with E-state index >= 15 is 0 Å². The summed E-state index contributed by atoms with van der Waals surface area (Å²) in [4.78, 5) is 29.4. The molecule has 0 aromatic heterocycles. The lowest BCUT2D eigenvalue weighted by Crippen LogP contribution is -2.49. The van der Waals surface area contributed by atoms with Gasteiger partial charge in [0, 0.05) is 32.2 Å². The molecule has 1 aliphatic carbocycles. The number of hydrogen-bond acceptors (Lipinski definition) is 4. The van der Waals surface area contributed by atoms with Crippen LogP contribution in [-0.4, -0.2) is 66.0 Å². The quantitative estimate of drug-likeness (QED) is 0.824. The maximum atomic E-state index is 12.8. The van der Waals surface area contributed by atoms with Crippen LogP contribution in [0.25, 0.3) is 0 Å². The molecular formula is C21H29N3O3. The van der Waals surface area contributed by atoms with E-state index in [1.54, 1.807) is 4.90 Å². The molecule has 1 saturated carbocycles. The summed E-state index contributed by atoms with van der Waals surface area (Å²) >= 11 is 0. The summed E-state index contributed by atoms with van der Waals surface area (Å²) in [6.07, 6.45) is 4.08. The van der Waals surface area contributed by atoms with Gasteiger partial charge in [-0.1, -0.05) is 30.3 Å². The van der Waals surface area contributed by atoms with E-state index in [9.17, 15) is 9.59 Å². The van der Waals surface area contributed by atoms with E-state index in [0.717, 1.165) is 45.3 Å². The van der Waals surface area contributed by atoms with Crippen LogP contribution in [0.2, 0.25) is 0 Å². The number of ether oxygens (including phenoxy) is 1. The number of amides is 2. The second kappa shape index (κ2) is 8.40. The van der Waals surface area contributed by atoms with Gasteiger partial charge in [0.2, 0.25) is 11.8 Å². The molecule has 1 aromatic rings. The first kappa shape index (κ1) is 18.4. The highest BCUT2D eigenvalue weighted by molar-refractivity contribution is 5.88. The van der Waals surface area contributed by atoms with Crippen molar-refractivity contribution in [3.63, 3.8) is 0 Å². The van der Waals surface area contributed by atoms with Crippen LogP contribution in [0.4, 0.5) is 0 Å². The van der Waals surface area contributed by atoms with Gasteiger partial charge in [-0.15, -0.1) is 0 Å². The van der Waals surface area contributed by atoms with Gasteiger partial charge in [-0.05, 0) is 31.2 Å². The van der Waals surface area contributed by atoms with Crippen molar-refractivity contribution in [1.29, 1.82) is 0 Å². The summed E-state index contributed by atoms with van der Waals surface area (Å²) in [6.45, 7) is 3.85. The van der Waals surface area contributed by atoms with Crippen molar-refractivity contribution in [3.05, 3.63) is 35.9 Å². The topological polar surface area (TPSA) is 61.9 Å². The number of nitrogens with zero attached hydrogens (tertiary/aromatic N) is 2. The monoisotopic (exact) mass is 371 g/mol. The highest BCUT2D eigenvalue weighted by Gasteiger charge is 2.37. The standard InChI is InChI=1S/C21H29N3O3/c25-20(24-10-4-7-19(24)21(26)22-17-8-9-17)13-18-15-23(11-12-27-18)14-16-5-2-1-3-6-16/h1-3,5-6,17-19H,4,7-15H2,(H,22,26). The van der Waals surface area contributed by atoms with Crippen molar-refractivity contribution < 1.29 is 14.3 Å². The lowest BCUT2D eigenvalue weighted by molar-refractivity contribution is -0.142. The molecule has 2 aliphatic heterocycles. The van der Waals surface area contributed by atoms with Crippen molar-refractivity contribution in [1.82, 2.24) is 15.1 Å². The van der Waals surface area contributed by atoms with Crippen molar-refractivity contribution in [2.75, 3.05) is 26.2 Å². The zero-order valence-electron chi connectivity index (χ0n) is 15.8. The Kier molecular flexibility index (Phi) is 5.74. The molecule has 2 amide bonds. The Morgan fingerprint density at radius 1 is 1.11 bits per heavy atom. The van der Waals surface area contributed by atoms with E-state index in [0.29, 0.717) is 25.6 Å². The van der Waals surface area contributed by atoms with E-state index in [1.165, 1.54) is 5.56 Å². The summed E-state index contributed by atoms with van der Waals surface area (Å²) < 4.78 is 5.86. The second-order valence-electron chi connectivity index (χ2n) is 7.95. The molecular weight excluding hydrogens is 342 g/mol. The Morgan fingerprint density at radius 2 is 1.93 bits per heavy atom. The maximum Gasteiger partial charge on any atom is 0.243 e. The van der Waals surface area contributed by atoms with E-state index in [2.05, 4.69) is 34.5 Å². The molecule has 0 spiro atoms. The Labute approximate surface area is 160 Å². The molecule has 1 aromatic carbocycles. The molecule has 27 heavy (non-hydrogen) atoms. The molecule has 2 atom stereocenters. The van der Waals surface area contributed by atoms with Crippen LogP contribution in [-0.2, 0) is 20.9 Å². The molecule has 6 heteroatoms.